The van der Waals surface area contributed by atoms with Crippen molar-refractivity contribution in [1.29, 1.82) is 0 Å². The number of hydrogen-bond donors (Lipinski definition) is 2. The van der Waals surface area contributed by atoms with Crippen LogP contribution in [-0.4, -0.2) is 22.5 Å². The van der Waals surface area contributed by atoms with Crippen LogP contribution in [0.4, 0.5) is 0 Å². The van der Waals surface area contributed by atoms with Crippen LogP contribution in [0.1, 0.15) is 22.2 Å². The number of aromatic nitrogens is 1. The lowest BCUT2D eigenvalue weighted by atomic mass is 10.2. The van der Waals surface area contributed by atoms with Crippen LogP contribution < -0.4 is 14.8 Å². The third kappa shape index (κ3) is 5.49. The number of ether oxygens (including phenoxy) is 2. The summed E-state index contributed by atoms with van der Waals surface area (Å²) in [7, 11) is 0. The van der Waals surface area contributed by atoms with E-state index < -0.39 is 6.10 Å². The molecule has 7 heteroatoms. The molecule has 2 heterocycles. The van der Waals surface area contributed by atoms with Crippen molar-refractivity contribution < 1.29 is 23.8 Å². The highest BCUT2D eigenvalue weighted by atomic mass is 16.5. The molecule has 31 heavy (non-hydrogen) atoms. The molecule has 156 valence electrons. The van der Waals surface area contributed by atoms with Crippen molar-refractivity contribution in [3.8, 4) is 23.1 Å². The lowest BCUT2D eigenvalue weighted by Gasteiger charge is -2.10. The number of rotatable bonds is 8. The van der Waals surface area contributed by atoms with E-state index in [1.165, 1.54) is 12.5 Å². The molecule has 0 aliphatic heterocycles. The summed E-state index contributed by atoms with van der Waals surface area (Å²) in [6.07, 6.45) is 1.97. The van der Waals surface area contributed by atoms with Crippen molar-refractivity contribution in [1.82, 2.24) is 10.3 Å². The first-order chi connectivity index (χ1) is 15.2. The Balaban J connectivity index is 1.30. The number of aliphatic hydroxyl groups is 1. The van der Waals surface area contributed by atoms with Gasteiger partial charge in [-0.05, 0) is 54.6 Å². The number of furan rings is 1. The molecule has 1 atom stereocenters. The van der Waals surface area contributed by atoms with Gasteiger partial charge in [-0.2, -0.15) is 0 Å². The van der Waals surface area contributed by atoms with Gasteiger partial charge in [0.05, 0.1) is 18.4 Å². The summed E-state index contributed by atoms with van der Waals surface area (Å²) in [5.74, 6) is 2.42. The number of amides is 1. The van der Waals surface area contributed by atoms with E-state index in [1.807, 2.05) is 30.3 Å². The minimum atomic E-state index is -0.914. The third-order valence-corrected chi connectivity index (χ3v) is 4.35. The van der Waals surface area contributed by atoms with E-state index in [0.717, 1.165) is 5.75 Å². The van der Waals surface area contributed by atoms with Crippen LogP contribution >= 0.6 is 0 Å². The Morgan fingerprint density at radius 2 is 1.61 bits per heavy atom. The first kappa shape index (κ1) is 20.2. The summed E-state index contributed by atoms with van der Waals surface area (Å²) in [6, 6.07) is 23.2. The highest BCUT2D eigenvalue weighted by Crippen LogP contribution is 2.26. The van der Waals surface area contributed by atoms with E-state index in [0.29, 0.717) is 28.7 Å². The summed E-state index contributed by atoms with van der Waals surface area (Å²) < 4.78 is 16.6. The molecule has 2 N–H and O–H groups in total. The number of para-hydroxylation sites is 1. The van der Waals surface area contributed by atoms with E-state index in [9.17, 15) is 9.90 Å². The number of carbonyl (C=O) groups excluding carboxylic acids is 1. The van der Waals surface area contributed by atoms with Gasteiger partial charge < -0.3 is 24.3 Å². The topological polar surface area (TPSA) is 93.8 Å². The summed E-state index contributed by atoms with van der Waals surface area (Å²) in [6.45, 7) is 0.0298. The lowest BCUT2D eigenvalue weighted by Crippen LogP contribution is -2.28. The zero-order valence-electron chi connectivity index (χ0n) is 16.5. The number of benzene rings is 2. The Morgan fingerprint density at radius 3 is 2.26 bits per heavy atom. The predicted octanol–water partition coefficient (Wildman–Crippen LogP) is 4.72. The second-order valence-corrected chi connectivity index (χ2v) is 6.61. The van der Waals surface area contributed by atoms with Crippen molar-refractivity contribution in [3.63, 3.8) is 0 Å². The van der Waals surface area contributed by atoms with Crippen LogP contribution in [0.5, 0.6) is 23.1 Å². The van der Waals surface area contributed by atoms with Gasteiger partial charge >= 0.3 is 0 Å². The van der Waals surface area contributed by atoms with Gasteiger partial charge in [-0.15, -0.1) is 0 Å². The summed E-state index contributed by atoms with van der Waals surface area (Å²) >= 11 is 0. The van der Waals surface area contributed by atoms with Crippen LogP contribution in [0.2, 0.25) is 0 Å². The molecule has 0 fully saturated rings. The predicted molar refractivity (Wildman–Crippen MR) is 113 cm³/mol. The molecular weight excluding hydrogens is 396 g/mol. The summed E-state index contributed by atoms with van der Waals surface area (Å²) in [5.41, 5.74) is 0.352. The molecule has 0 radical (unpaired) electrons. The van der Waals surface area contributed by atoms with Crippen molar-refractivity contribution in [3.05, 3.63) is 103 Å². The molecular formula is C24H20N2O5. The van der Waals surface area contributed by atoms with E-state index in [-0.39, 0.29) is 12.5 Å². The molecule has 0 aliphatic rings. The Bertz CT molecular complexity index is 1100. The van der Waals surface area contributed by atoms with Crippen molar-refractivity contribution in [2.45, 2.75) is 6.10 Å². The van der Waals surface area contributed by atoms with Crippen molar-refractivity contribution >= 4 is 5.91 Å². The molecule has 0 saturated heterocycles. The van der Waals surface area contributed by atoms with Gasteiger partial charge in [0.25, 0.3) is 5.91 Å². The van der Waals surface area contributed by atoms with Crippen LogP contribution in [0.15, 0.2) is 95.7 Å². The van der Waals surface area contributed by atoms with Gasteiger partial charge in [-0.25, -0.2) is 4.98 Å². The molecule has 2 aromatic heterocycles. The fraction of sp³-hybridized carbons (Fsp3) is 0.0833. The van der Waals surface area contributed by atoms with Crippen LogP contribution in [0.3, 0.4) is 0 Å². The second kappa shape index (κ2) is 9.60. The van der Waals surface area contributed by atoms with Crippen molar-refractivity contribution in [2.24, 2.45) is 0 Å². The van der Waals surface area contributed by atoms with E-state index in [4.69, 9.17) is 13.9 Å². The molecule has 4 rings (SSSR count). The molecule has 0 spiro atoms. The molecule has 7 nitrogen and oxygen atoms in total. The van der Waals surface area contributed by atoms with Gasteiger partial charge in [0, 0.05) is 12.3 Å². The molecule has 2 aromatic carbocycles. The first-order valence-corrected chi connectivity index (χ1v) is 9.64. The van der Waals surface area contributed by atoms with Crippen LogP contribution in [0, 0.1) is 0 Å². The molecule has 1 unspecified atom stereocenters. The molecule has 1 amide bonds. The average Bonchev–Trinajstić information content (AvgIpc) is 3.35. The maximum absolute atomic E-state index is 12.2. The Labute approximate surface area is 178 Å². The number of nitrogens with one attached hydrogen (secondary N) is 1. The number of nitrogens with zero attached hydrogens (tertiary/aromatic N) is 1. The first-order valence-electron chi connectivity index (χ1n) is 9.64. The summed E-state index contributed by atoms with van der Waals surface area (Å²) in [4.78, 5) is 16.4. The lowest BCUT2D eigenvalue weighted by molar-refractivity contribution is 0.0900. The molecule has 4 aromatic rings. The largest absolute Gasteiger partial charge is 0.467 e. The number of pyridine rings is 1. The number of carbonyl (C=O) groups is 1. The van der Waals surface area contributed by atoms with E-state index in [1.54, 1.807) is 48.5 Å². The van der Waals surface area contributed by atoms with Crippen LogP contribution in [-0.2, 0) is 0 Å². The summed E-state index contributed by atoms with van der Waals surface area (Å²) in [5, 5.41) is 12.6. The van der Waals surface area contributed by atoms with E-state index in [2.05, 4.69) is 10.3 Å². The smallest absolute Gasteiger partial charge is 0.252 e. The standard InChI is InChI=1S/C24H20N2O5/c27-21(22-7-4-14-29-22)16-26-24(28)17-8-13-23(25-15-17)31-20-11-9-19(10-12-20)30-18-5-2-1-3-6-18/h1-15,21,27H,16H2,(H,26,28). The maximum atomic E-state index is 12.2. The second-order valence-electron chi connectivity index (χ2n) is 6.61. The van der Waals surface area contributed by atoms with Gasteiger partial charge in [0.15, 0.2) is 0 Å². The highest BCUT2D eigenvalue weighted by Gasteiger charge is 2.13. The van der Waals surface area contributed by atoms with E-state index >= 15 is 0 Å². The SMILES string of the molecule is O=C(NCC(O)c1ccco1)c1ccc(Oc2ccc(Oc3ccccc3)cc2)nc1. The quantitative estimate of drug-likeness (QED) is 0.432. The molecule has 0 aliphatic carbocycles. The van der Waals surface area contributed by atoms with Gasteiger partial charge in [-0.1, -0.05) is 18.2 Å². The fourth-order valence-corrected chi connectivity index (χ4v) is 2.77. The molecule has 0 bridgehead atoms. The third-order valence-electron chi connectivity index (χ3n) is 4.35. The Hall–Kier alpha value is -4.10. The number of aliphatic hydroxyl groups excluding tert-OH is 1. The van der Waals surface area contributed by atoms with Gasteiger partial charge in [0.2, 0.25) is 5.88 Å². The highest BCUT2D eigenvalue weighted by molar-refractivity contribution is 5.93. The number of hydrogen-bond acceptors (Lipinski definition) is 6. The zero-order chi connectivity index (χ0) is 21.5. The Kier molecular flexibility index (Phi) is 6.25. The minimum Gasteiger partial charge on any atom is -0.467 e. The zero-order valence-corrected chi connectivity index (χ0v) is 16.5. The van der Waals surface area contributed by atoms with Gasteiger partial charge in [-0.3, -0.25) is 4.79 Å². The Morgan fingerprint density at radius 1 is 0.903 bits per heavy atom. The van der Waals surface area contributed by atoms with Crippen molar-refractivity contribution in [2.75, 3.05) is 6.54 Å². The monoisotopic (exact) mass is 416 g/mol. The normalized spacial score (nSPS) is 11.5. The maximum Gasteiger partial charge on any atom is 0.252 e. The minimum absolute atomic E-state index is 0.0298. The fourth-order valence-electron chi connectivity index (χ4n) is 2.77. The average molecular weight is 416 g/mol. The van der Waals surface area contributed by atoms with Gasteiger partial charge in [0.1, 0.15) is 29.1 Å². The molecule has 0 saturated carbocycles. The van der Waals surface area contributed by atoms with Crippen LogP contribution in [0.25, 0.3) is 0 Å².